The second kappa shape index (κ2) is 4.96. The van der Waals surface area contributed by atoms with Crippen LogP contribution in [0.25, 0.3) is 0 Å². The summed E-state index contributed by atoms with van der Waals surface area (Å²) in [5.74, 6) is 0. The average Bonchev–Trinajstić information content (AvgIpc) is 2.29. The third-order valence-corrected chi connectivity index (χ3v) is 3.06. The van der Waals surface area contributed by atoms with E-state index in [1.807, 2.05) is 0 Å². The van der Waals surface area contributed by atoms with Gasteiger partial charge >= 0.3 is 6.18 Å². The van der Waals surface area contributed by atoms with Gasteiger partial charge < -0.3 is 9.94 Å². The Morgan fingerprint density at radius 1 is 1.39 bits per heavy atom. The van der Waals surface area contributed by atoms with Gasteiger partial charge in [0.25, 0.3) is 0 Å². The Kier molecular flexibility index (Phi) is 3.71. The quantitative estimate of drug-likeness (QED) is 0.770. The number of anilines is 1. The van der Waals surface area contributed by atoms with Gasteiger partial charge in [0, 0.05) is 9.99 Å². The number of benzene rings is 1. The predicted octanol–water partition coefficient (Wildman–Crippen LogP) is 3.28. The number of hydrogen-bond donors (Lipinski definition) is 1. The number of nitrogens with zero attached hydrogens (tertiary/aromatic N) is 1. The molecule has 98 valence electrons. The highest BCUT2D eigenvalue weighted by atomic mass is 127. The van der Waals surface area contributed by atoms with Gasteiger partial charge in [-0.3, -0.25) is 0 Å². The first-order valence-corrected chi connectivity index (χ1v) is 6.13. The summed E-state index contributed by atoms with van der Waals surface area (Å²) >= 11 is 1.80. The summed E-state index contributed by atoms with van der Waals surface area (Å²) in [5, 5.41) is 10.5. The number of hydrogen-bond acceptors (Lipinski definition) is 3. The summed E-state index contributed by atoms with van der Waals surface area (Å²) in [7, 11) is 0. The topological polar surface area (TPSA) is 32.7 Å². The number of alkyl halides is 3. The van der Waals surface area contributed by atoms with Crippen molar-refractivity contribution in [3.05, 3.63) is 39.7 Å². The van der Waals surface area contributed by atoms with Crippen molar-refractivity contribution in [3.8, 4) is 0 Å². The summed E-state index contributed by atoms with van der Waals surface area (Å²) in [6.07, 6.45) is -2.62. The van der Waals surface area contributed by atoms with Crippen LogP contribution in [0.3, 0.4) is 0 Å². The SMILES string of the molecule is OC1CC=CON1c1ccc(I)cc1C(F)(F)F. The highest BCUT2D eigenvalue weighted by Crippen LogP contribution is 2.38. The molecule has 0 saturated carbocycles. The van der Waals surface area contributed by atoms with Crippen LogP contribution < -0.4 is 5.06 Å². The van der Waals surface area contributed by atoms with E-state index >= 15 is 0 Å². The lowest BCUT2D eigenvalue weighted by atomic mass is 10.1. The van der Waals surface area contributed by atoms with Gasteiger partial charge in [0.1, 0.15) is 6.26 Å². The molecule has 1 aromatic carbocycles. The van der Waals surface area contributed by atoms with E-state index in [-0.39, 0.29) is 12.1 Å². The minimum atomic E-state index is -4.50. The first kappa shape index (κ1) is 13.5. The molecular formula is C11H9F3INO2. The zero-order chi connectivity index (χ0) is 13.3. The Morgan fingerprint density at radius 3 is 2.72 bits per heavy atom. The van der Waals surface area contributed by atoms with Crippen LogP contribution in [0.1, 0.15) is 12.0 Å². The molecule has 0 aromatic heterocycles. The molecule has 0 spiro atoms. The van der Waals surface area contributed by atoms with Crippen molar-refractivity contribution in [1.29, 1.82) is 0 Å². The minimum Gasteiger partial charge on any atom is -0.385 e. The highest BCUT2D eigenvalue weighted by Gasteiger charge is 2.37. The lowest BCUT2D eigenvalue weighted by Gasteiger charge is -2.31. The summed E-state index contributed by atoms with van der Waals surface area (Å²) in [4.78, 5) is 4.95. The lowest BCUT2D eigenvalue weighted by molar-refractivity contribution is -0.137. The van der Waals surface area contributed by atoms with E-state index in [1.54, 1.807) is 28.7 Å². The Balaban J connectivity index is 2.47. The number of aliphatic hydroxyl groups is 1. The molecule has 1 aliphatic heterocycles. The van der Waals surface area contributed by atoms with Crippen molar-refractivity contribution in [3.63, 3.8) is 0 Å². The summed E-state index contributed by atoms with van der Waals surface area (Å²) in [5.41, 5.74) is -1.02. The number of rotatable bonds is 1. The highest BCUT2D eigenvalue weighted by molar-refractivity contribution is 14.1. The molecular weight excluding hydrogens is 362 g/mol. The van der Waals surface area contributed by atoms with Gasteiger partial charge in [-0.15, -0.1) is 0 Å². The molecule has 0 aliphatic carbocycles. The van der Waals surface area contributed by atoms with Gasteiger partial charge in [-0.1, -0.05) is 0 Å². The third kappa shape index (κ3) is 2.72. The molecule has 0 amide bonds. The molecule has 1 aromatic rings. The van der Waals surface area contributed by atoms with Crippen molar-refractivity contribution < 1.29 is 23.1 Å². The van der Waals surface area contributed by atoms with E-state index in [4.69, 9.17) is 4.84 Å². The summed E-state index contributed by atoms with van der Waals surface area (Å²) in [6, 6.07) is 3.83. The van der Waals surface area contributed by atoms with E-state index < -0.39 is 18.0 Å². The summed E-state index contributed by atoms with van der Waals surface area (Å²) in [6.45, 7) is 0. The number of halogens is 4. The van der Waals surface area contributed by atoms with Gasteiger partial charge in [-0.05, 0) is 46.9 Å². The minimum absolute atomic E-state index is 0.195. The Labute approximate surface area is 115 Å². The Hall–Kier alpha value is -0.960. The van der Waals surface area contributed by atoms with E-state index in [9.17, 15) is 18.3 Å². The van der Waals surface area contributed by atoms with Crippen molar-refractivity contribution in [2.24, 2.45) is 0 Å². The number of aliphatic hydroxyl groups excluding tert-OH is 1. The molecule has 1 aliphatic rings. The standard InChI is InChI=1S/C11H9F3INO2/c12-11(13,14)8-6-7(15)3-4-9(8)16-10(17)2-1-5-18-16/h1,3-6,10,17H,2H2. The second-order valence-electron chi connectivity index (χ2n) is 3.68. The molecule has 1 unspecified atom stereocenters. The molecule has 7 heteroatoms. The molecule has 3 nitrogen and oxygen atoms in total. The van der Waals surface area contributed by atoms with Crippen LogP contribution in [0.2, 0.25) is 0 Å². The van der Waals surface area contributed by atoms with E-state index in [0.29, 0.717) is 3.57 Å². The Bertz CT molecular complexity index is 476. The molecule has 1 N–H and O–H groups in total. The summed E-state index contributed by atoms with van der Waals surface area (Å²) < 4.78 is 39.2. The molecule has 1 atom stereocenters. The van der Waals surface area contributed by atoms with Crippen molar-refractivity contribution in [2.45, 2.75) is 18.8 Å². The fourth-order valence-electron chi connectivity index (χ4n) is 1.60. The second-order valence-corrected chi connectivity index (χ2v) is 4.92. The van der Waals surface area contributed by atoms with Crippen LogP contribution in [0.5, 0.6) is 0 Å². The smallest absolute Gasteiger partial charge is 0.385 e. The van der Waals surface area contributed by atoms with Crippen molar-refractivity contribution >= 4 is 28.3 Å². The van der Waals surface area contributed by atoms with Gasteiger partial charge in [0.15, 0.2) is 6.23 Å². The van der Waals surface area contributed by atoms with Crippen LogP contribution in [-0.4, -0.2) is 11.3 Å². The zero-order valence-corrected chi connectivity index (χ0v) is 11.1. The molecule has 2 rings (SSSR count). The maximum Gasteiger partial charge on any atom is 0.418 e. The monoisotopic (exact) mass is 371 g/mol. The fraction of sp³-hybridized carbons (Fsp3) is 0.273. The van der Waals surface area contributed by atoms with Crippen LogP contribution >= 0.6 is 22.6 Å². The molecule has 1 heterocycles. The van der Waals surface area contributed by atoms with E-state index in [2.05, 4.69) is 0 Å². The maximum absolute atomic E-state index is 12.9. The first-order valence-electron chi connectivity index (χ1n) is 5.05. The van der Waals surface area contributed by atoms with Gasteiger partial charge in [-0.25, -0.2) is 0 Å². The first-order chi connectivity index (χ1) is 8.39. The number of hydroxylamine groups is 1. The zero-order valence-electron chi connectivity index (χ0n) is 8.99. The van der Waals surface area contributed by atoms with Crippen LogP contribution in [0, 0.1) is 3.57 Å². The largest absolute Gasteiger partial charge is 0.418 e. The fourth-order valence-corrected chi connectivity index (χ4v) is 2.09. The van der Waals surface area contributed by atoms with E-state index in [1.165, 1.54) is 18.4 Å². The average molecular weight is 371 g/mol. The van der Waals surface area contributed by atoms with Crippen molar-refractivity contribution in [1.82, 2.24) is 0 Å². The molecule has 0 bridgehead atoms. The van der Waals surface area contributed by atoms with Gasteiger partial charge in [0.05, 0.1) is 11.3 Å². The normalized spacial score (nSPS) is 19.8. The van der Waals surface area contributed by atoms with Gasteiger partial charge in [-0.2, -0.15) is 18.2 Å². The molecule has 0 saturated heterocycles. The third-order valence-electron chi connectivity index (χ3n) is 2.39. The lowest BCUT2D eigenvalue weighted by Crippen LogP contribution is -2.37. The van der Waals surface area contributed by atoms with Crippen LogP contribution in [-0.2, 0) is 11.0 Å². The molecule has 18 heavy (non-hydrogen) atoms. The van der Waals surface area contributed by atoms with Gasteiger partial charge in [0.2, 0.25) is 0 Å². The molecule has 0 radical (unpaired) electrons. The molecule has 0 fully saturated rings. The van der Waals surface area contributed by atoms with Crippen LogP contribution in [0.4, 0.5) is 18.9 Å². The predicted molar refractivity (Wildman–Crippen MR) is 67.5 cm³/mol. The maximum atomic E-state index is 12.9. The Morgan fingerprint density at radius 2 is 2.11 bits per heavy atom. The van der Waals surface area contributed by atoms with E-state index in [0.717, 1.165) is 11.1 Å². The van der Waals surface area contributed by atoms with Crippen LogP contribution in [0.15, 0.2) is 30.5 Å². The van der Waals surface area contributed by atoms with Crippen molar-refractivity contribution in [2.75, 3.05) is 5.06 Å².